The molecule has 2 aromatic carbocycles. The molecule has 0 aromatic heterocycles. The summed E-state index contributed by atoms with van der Waals surface area (Å²) >= 11 is 0. The van der Waals surface area contributed by atoms with Gasteiger partial charge in [-0.05, 0) is 28.7 Å². The highest BCUT2D eigenvalue weighted by molar-refractivity contribution is 5.78. The fourth-order valence-corrected chi connectivity index (χ4v) is 4.17. The standard InChI is InChI=1S/C21H22N2O4/c24-13-23(15-9-14(22-11-15)10-21(25)26)27-12-20-18-7-3-1-5-16(18)17-6-2-4-8-19(17)20/h1-8,13-15,20,22H,9-12H2,(H,25,26)/p-1/t14-,15+/m0/s1. The van der Waals surface area contributed by atoms with Gasteiger partial charge in [0.1, 0.15) is 0 Å². The zero-order chi connectivity index (χ0) is 18.8. The molecule has 140 valence electrons. The summed E-state index contributed by atoms with van der Waals surface area (Å²) in [6, 6.07) is 16.1. The number of hydrogen-bond acceptors (Lipinski definition) is 5. The van der Waals surface area contributed by atoms with Crippen LogP contribution in [0.3, 0.4) is 0 Å². The van der Waals surface area contributed by atoms with Gasteiger partial charge in [0.2, 0.25) is 6.41 Å². The molecule has 0 bridgehead atoms. The Morgan fingerprint density at radius 2 is 1.78 bits per heavy atom. The Morgan fingerprint density at radius 1 is 1.15 bits per heavy atom. The molecule has 4 rings (SSSR count). The van der Waals surface area contributed by atoms with Gasteiger partial charge < -0.3 is 15.2 Å². The molecule has 1 amide bonds. The number of rotatable bonds is 7. The summed E-state index contributed by atoms with van der Waals surface area (Å²) in [4.78, 5) is 28.2. The number of hydrogen-bond donors (Lipinski definition) is 1. The van der Waals surface area contributed by atoms with E-state index in [-0.39, 0.29) is 24.4 Å². The predicted molar refractivity (Wildman–Crippen MR) is 97.4 cm³/mol. The lowest BCUT2D eigenvalue weighted by atomic mass is 9.98. The number of fused-ring (bicyclic) bond motifs is 3. The molecule has 1 aliphatic carbocycles. The Morgan fingerprint density at radius 3 is 2.37 bits per heavy atom. The molecule has 2 atom stereocenters. The van der Waals surface area contributed by atoms with E-state index in [9.17, 15) is 14.7 Å². The highest BCUT2D eigenvalue weighted by atomic mass is 16.7. The Balaban J connectivity index is 1.46. The summed E-state index contributed by atoms with van der Waals surface area (Å²) in [5.41, 5.74) is 4.81. The third kappa shape index (κ3) is 3.46. The van der Waals surface area contributed by atoms with Crippen LogP contribution in [-0.2, 0) is 14.4 Å². The van der Waals surface area contributed by atoms with Crippen LogP contribution in [0.1, 0.15) is 29.9 Å². The quantitative estimate of drug-likeness (QED) is 0.586. The maximum atomic E-state index is 11.6. The zero-order valence-corrected chi connectivity index (χ0v) is 14.8. The first-order chi connectivity index (χ1) is 13.2. The Kier molecular flexibility index (Phi) is 4.92. The summed E-state index contributed by atoms with van der Waals surface area (Å²) < 4.78 is 0. The smallest absolute Gasteiger partial charge is 0.233 e. The average molecular weight is 365 g/mol. The first-order valence-electron chi connectivity index (χ1n) is 9.15. The first kappa shape index (κ1) is 17.7. The number of aliphatic carboxylic acids is 1. The van der Waals surface area contributed by atoms with Crippen molar-refractivity contribution in [1.82, 2.24) is 10.4 Å². The maximum absolute atomic E-state index is 11.6. The number of nitrogens with zero attached hydrogens (tertiary/aromatic N) is 1. The van der Waals surface area contributed by atoms with Crippen molar-refractivity contribution in [2.75, 3.05) is 13.2 Å². The molecule has 1 fully saturated rings. The molecule has 6 nitrogen and oxygen atoms in total. The largest absolute Gasteiger partial charge is 0.550 e. The van der Waals surface area contributed by atoms with E-state index >= 15 is 0 Å². The van der Waals surface area contributed by atoms with Crippen molar-refractivity contribution in [2.45, 2.75) is 30.8 Å². The summed E-state index contributed by atoms with van der Waals surface area (Å²) in [6.45, 7) is 0.864. The molecule has 27 heavy (non-hydrogen) atoms. The molecule has 0 saturated carbocycles. The number of nitrogens with one attached hydrogen (secondary N) is 1. The van der Waals surface area contributed by atoms with Crippen LogP contribution in [0, 0.1) is 0 Å². The van der Waals surface area contributed by atoms with E-state index in [0.717, 1.165) is 0 Å². The summed E-state index contributed by atoms with van der Waals surface area (Å²) in [5, 5.41) is 15.2. The number of amides is 1. The van der Waals surface area contributed by atoms with Crippen LogP contribution in [0.4, 0.5) is 0 Å². The first-order valence-corrected chi connectivity index (χ1v) is 9.15. The maximum Gasteiger partial charge on any atom is 0.233 e. The van der Waals surface area contributed by atoms with E-state index in [2.05, 4.69) is 29.6 Å². The average Bonchev–Trinajstić information content (AvgIpc) is 3.25. The molecule has 0 spiro atoms. The minimum atomic E-state index is -1.09. The monoisotopic (exact) mass is 365 g/mol. The van der Waals surface area contributed by atoms with Gasteiger partial charge in [-0.25, -0.2) is 5.06 Å². The lowest BCUT2D eigenvalue weighted by molar-refractivity contribution is -0.306. The molecule has 1 saturated heterocycles. The fourth-order valence-electron chi connectivity index (χ4n) is 4.17. The predicted octanol–water partition coefficient (Wildman–Crippen LogP) is 1.06. The molecule has 2 aliphatic rings. The lowest BCUT2D eigenvalue weighted by Crippen LogP contribution is -2.36. The topological polar surface area (TPSA) is 81.7 Å². The number of benzene rings is 2. The third-order valence-corrected chi connectivity index (χ3v) is 5.43. The Labute approximate surface area is 157 Å². The van der Waals surface area contributed by atoms with Crippen molar-refractivity contribution < 1.29 is 19.5 Å². The Hall–Kier alpha value is -2.70. The van der Waals surface area contributed by atoms with E-state index in [0.29, 0.717) is 26.0 Å². The fraction of sp³-hybridized carbons (Fsp3) is 0.333. The van der Waals surface area contributed by atoms with Crippen LogP contribution in [0.15, 0.2) is 48.5 Å². The molecule has 6 heteroatoms. The second-order valence-electron chi connectivity index (χ2n) is 7.06. The van der Waals surface area contributed by atoms with E-state index in [1.54, 1.807) is 0 Å². The van der Waals surface area contributed by atoms with Gasteiger partial charge in [-0.1, -0.05) is 48.5 Å². The number of carboxylic acids is 1. The second-order valence-corrected chi connectivity index (χ2v) is 7.06. The number of hydroxylamine groups is 2. The van der Waals surface area contributed by atoms with E-state index in [1.165, 1.54) is 27.3 Å². The molecule has 1 N–H and O–H groups in total. The van der Waals surface area contributed by atoms with Crippen LogP contribution in [0.5, 0.6) is 0 Å². The van der Waals surface area contributed by atoms with Crippen molar-refractivity contribution in [3.63, 3.8) is 0 Å². The van der Waals surface area contributed by atoms with Crippen LogP contribution in [0.2, 0.25) is 0 Å². The van der Waals surface area contributed by atoms with Crippen LogP contribution in [0.25, 0.3) is 11.1 Å². The second kappa shape index (κ2) is 7.50. The van der Waals surface area contributed by atoms with Gasteiger partial charge in [-0.15, -0.1) is 0 Å². The Bertz CT molecular complexity index is 808. The third-order valence-electron chi connectivity index (χ3n) is 5.43. The summed E-state index contributed by atoms with van der Waals surface area (Å²) in [6.07, 6.45) is 1.15. The zero-order valence-electron chi connectivity index (χ0n) is 14.8. The molecular weight excluding hydrogens is 344 g/mol. The van der Waals surface area contributed by atoms with Gasteiger partial charge in [0.15, 0.2) is 0 Å². The molecular formula is C21H21N2O4-. The van der Waals surface area contributed by atoms with Gasteiger partial charge in [0.25, 0.3) is 0 Å². The highest BCUT2D eigenvalue weighted by Gasteiger charge is 2.32. The SMILES string of the molecule is O=CN(OCC1c2ccccc2-c2ccccc21)[C@H]1CN[C@H](CC(=O)[O-])C1. The molecule has 0 unspecified atom stereocenters. The van der Waals surface area contributed by atoms with Crippen molar-refractivity contribution >= 4 is 12.4 Å². The van der Waals surface area contributed by atoms with E-state index < -0.39 is 5.97 Å². The van der Waals surface area contributed by atoms with Gasteiger partial charge in [-0.3, -0.25) is 9.63 Å². The normalized spacial score (nSPS) is 20.9. The van der Waals surface area contributed by atoms with E-state index in [1.807, 2.05) is 24.3 Å². The number of carboxylic acid groups (broad SMARTS) is 1. The molecule has 1 heterocycles. The molecule has 2 aromatic rings. The van der Waals surface area contributed by atoms with Crippen LogP contribution < -0.4 is 10.4 Å². The molecule has 0 radical (unpaired) electrons. The minimum Gasteiger partial charge on any atom is -0.550 e. The number of carbonyl (C=O) groups is 2. The minimum absolute atomic E-state index is 0.0629. The number of carbonyl (C=O) groups excluding carboxylic acids is 2. The van der Waals surface area contributed by atoms with Gasteiger partial charge in [0.05, 0.1) is 12.6 Å². The van der Waals surface area contributed by atoms with Crippen molar-refractivity contribution in [1.29, 1.82) is 0 Å². The van der Waals surface area contributed by atoms with Crippen molar-refractivity contribution in [3.8, 4) is 11.1 Å². The highest BCUT2D eigenvalue weighted by Crippen LogP contribution is 2.44. The van der Waals surface area contributed by atoms with Crippen molar-refractivity contribution in [3.05, 3.63) is 59.7 Å². The van der Waals surface area contributed by atoms with Gasteiger partial charge in [-0.2, -0.15) is 0 Å². The van der Waals surface area contributed by atoms with Gasteiger partial charge in [0, 0.05) is 30.9 Å². The van der Waals surface area contributed by atoms with Gasteiger partial charge >= 0.3 is 0 Å². The van der Waals surface area contributed by atoms with E-state index in [4.69, 9.17) is 4.84 Å². The summed E-state index contributed by atoms with van der Waals surface area (Å²) in [5.74, 6) is -1.03. The summed E-state index contributed by atoms with van der Waals surface area (Å²) in [7, 11) is 0. The van der Waals surface area contributed by atoms with Crippen LogP contribution >= 0.6 is 0 Å². The van der Waals surface area contributed by atoms with Crippen molar-refractivity contribution in [2.24, 2.45) is 0 Å². The lowest BCUT2D eigenvalue weighted by Gasteiger charge is -2.25. The molecule has 1 aliphatic heterocycles. The van der Waals surface area contributed by atoms with Crippen LogP contribution in [-0.4, -0.2) is 42.7 Å².